The van der Waals surface area contributed by atoms with E-state index in [1.807, 2.05) is 6.07 Å². The maximum Gasteiger partial charge on any atom is 0.252 e. The van der Waals surface area contributed by atoms with E-state index in [1.54, 1.807) is 0 Å². The number of nitrogens with zero attached hydrogens (tertiary/aromatic N) is 2. The summed E-state index contributed by atoms with van der Waals surface area (Å²) in [4.78, 5) is 2.44. The average Bonchev–Trinajstić information content (AvgIpc) is 3.54. The highest BCUT2D eigenvalue weighted by atomic mass is 16.3. The van der Waals surface area contributed by atoms with Crippen molar-refractivity contribution in [1.82, 2.24) is 4.57 Å². The van der Waals surface area contributed by atoms with Crippen molar-refractivity contribution >= 4 is 83.9 Å². The minimum Gasteiger partial charge on any atom is -0.456 e. The zero-order valence-corrected chi connectivity index (χ0v) is 21.5. The molecule has 4 heteroatoms. The highest BCUT2D eigenvalue weighted by Gasteiger charge is 2.41. The molecule has 0 radical (unpaired) electrons. The molecule has 0 amide bonds. The number of aromatic nitrogens is 1. The van der Waals surface area contributed by atoms with Gasteiger partial charge in [-0.3, -0.25) is 0 Å². The van der Waals surface area contributed by atoms with Crippen LogP contribution in [0.5, 0.6) is 0 Å². The smallest absolute Gasteiger partial charge is 0.252 e. The fourth-order valence-electron chi connectivity index (χ4n) is 7.40. The topological polar surface area (TPSA) is 21.3 Å². The number of fused-ring (bicyclic) bond motifs is 11. The minimum atomic E-state index is 0.159. The van der Waals surface area contributed by atoms with E-state index in [-0.39, 0.29) is 6.71 Å². The molecule has 6 aromatic carbocycles. The maximum atomic E-state index is 6.35. The van der Waals surface area contributed by atoms with Gasteiger partial charge >= 0.3 is 0 Å². The maximum absolute atomic E-state index is 6.35. The van der Waals surface area contributed by atoms with E-state index >= 15 is 0 Å². The number of rotatable bonds is 1. The Morgan fingerprint density at radius 3 is 2.10 bits per heavy atom. The standard InChI is InChI=1S/C36H21BN2O/c1-2-10-22(11-3-1)38-29-15-7-5-13-27(29)37-28-14-6-8-16-30(28)39-32-20-26-23-12-4-9-17-33(23)40-34(26)21-25(32)24-18-19-31(38)35(37)36(24)39/h1-21H. The highest BCUT2D eigenvalue weighted by Crippen LogP contribution is 2.43. The van der Waals surface area contributed by atoms with Crippen LogP contribution in [-0.4, -0.2) is 11.3 Å². The number of furan rings is 1. The molecule has 8 aromatic rings. The Morgan fingerprint density at radius 1 is 0.500 bits per heavy atom. The molecule has 2 aliphatic rings. The van der Waals surface area contributed by atoms with Crippen molar-refractivity contribution in [3.05, 3.63) is 127 Å². The highest BCUT2D eigenvalue weighted by molar-refractivity contribution is 7.00. The van der Waals surface area contributed by atoms with Gasteiger partial charge in [-0.05, 0) is 64.9 Å². The van der Waals surface area contributed by atoms with Crippen molar-refractivity contribution in [2.24, 2.45) is 0 Å². The van der Waals surface area contributed by atoms with Gasteiger partial charge in [0.1, 0.15) is 11.2 Å². The largest absolute Gasteiger partial charge is 0.456 e. The van der Waals surface area contributed by atoms with E-state index < -0.39 is 0 Å². The van der Waals surface area contributed by atoms with E-state index in [4.69, 9.17) is 4.42 Å². The molecule has 40 heavy (non-hydrogen) atoms. The Kier molecular flexibility index (Phi) is 3.75. The zero-order chi connectivity index (χ0) is 25.9. The minimum absolute atomic E-state index is 0.159. The Balaban J connectivity index is 1.41. The fraction of sp³-hybridized carbons (Fsp3) is 0. The van der Waals surface area contributed by atoms with E-state index in [2.05, 4.69) is 131 Å². The predicted octanol–water partition coefficient (Wildman–Crippen LogP) is 7.30. The van der Waals surface area contributed by atoms with Gasteiger partial charge in [-0.25, -0.2) is 0 Å². The van der Waals surface area contributed by atoms with Crippen molar-refractivity contribution in [3.8, 4) is 5.69 Å². The van der Waals surface area contributed by atoms with Gasteiger partial charge in [0.25, 0.3) is 6.71 Å². The van der Waals surface area contributed by atoms with Gasteiger partial charge in [-0.15, -0.1) is 0 Å². The fourth-order valence-corrected chi connectivity index (χ4v) is 7.40. The van der Waals surface area contributed by atoms with Gasteiger partial charge in [-0.1, -0.05) is 78.9 Å². The van der Waals surface area contributed by atoms with E-state index in [0.717, 1.165) is 21.9 Å². The van der Waals surface area contributed by atoms with Crippen molar-refractivity contribution in [2.75, 3.05) is 4.90 Å². The van der Waals surface area contributed by atoms with Gasteiger partial charge < -0.3 is 13.9 Å². The molecule has 184 valence electrons. The molecule has 0 aliphatic carbocycles. The van der Waals surface area contributed by atoms with Gasteiger partial charge in [-0.2, -0.15) is 0 Å². The molecule has 2 aliphatic heterocycles. The number of para-hydroxylation sites is 4. The third kappa shape index (κ3) is 2.43. The van der Waals surface area contributed by atoms with Crippen molar-refractivity contribution in [3.63, 3.8) is 0 Å². The Bertz CT molecular complexity index is 2350. The molecule has 10 rings (SSSR count). The number of hydrogen-bond acceptors (Lipinski definition) is 2. The molecule has 0 saturated carbocycles. The Morgan fingerprint density at radius 2 is 1.23 bits per heavy atom. The Hall–Kier alpha value is -5.22. The molecule has 0 saturated heterocycles. The van der Waals surface area contributed by atoms with E-state index in [9.17, 15) is 0 Å². The van der Waals surface area contributed by atoms with Crippen LogP contribution in [0.1, 0.15) is 0 Å². The van der Waals surface area contributed by atoms with Gasteiger partial charge in [0, 0.05) is 44.3 Å². The van der Waals surface area contributed by atoms with Crippen LogP contribution in [0.3, 0.4) is 0 Å². The second kappa shape index (κ2) is 7.25. The molecule has 0 atom stereocenters. The summed E-state index contributed by atoms with van der Waals surface area (Å²) in [7, 11) is 0. The number of benzene rings is 6. The van der Waals surface area contributed by atoms with E-state index in [1.165, 1.54) is 60.9 Å². The van der Waals surface area contributed by atoms with Gasteiger partial charge in [0.05, 0.1) is 11.0 Å². The van der Waals surface area contributed by atoms with Crippen LogP contribution >= 0.6 is 0 Å². The quantitative estimate of drug-likeness (QED) is 0.217. The lowest BCUT2D eigenvalue weighted by atomic mass is 9.34. The first-order chi connectivity index (χ1) is 19.9. The average molecular weight is 508 g/mol. The summed E-state index contributed by atoms with van der Waals surface area (Å²) in [5.74, 6) is 0. The van der Waals surface area contributed by atoms with Crippen molar-refractivity contribution in [1.29, 1.82) is 0 Å². The van der Waals surface area contributed by atoms with Crippen molar-refractivity contribution < 1.29 is 4.42 Å². The SMILES string of the molecule is c1ccc(N2c3ccccc3B3c4ccccc4-n4c5cc6c(cc5c5ccc2c3c54)oc2ccccc26)cc1. The summed E-state index contributed by atoms with van der Waals surface area (Å²) < 4.78 is 8.86. The first-order valence-corrected chi connectivity index (χ1v) is 13.8. The molecule has 0 spiro atoms. The lowest BCUT2D eigenvalue weighted by molar-refractivity contribution is 0.669. The summed E-state index contributed by atoms with van der Waals surface area (Å²) in [6.07, 6.45) is 0. The third-order valence-electron chi connectivity index (χ3n) is 8.97. The lowest BCUT2D eigenvalue weighted by Crippen LogP contribution is -2.60. The van der Waals surface area contributed by atoms with Crippen LogP contribution in [0, 0.1) is 0 Å². The van der Waals surface area contributed by atoms with Crippen LogP contribution < -0.4 is 21.3 Å². The van der Waals surface area contributed by atoms with Crippen LogP contribution in [0.2, 0.25) is 0 Å². The zero-order valence-electron chi connectivity index (χ0n) is 21.5. The Labute approximate surface area is 230 Å². The summed E-state index contributed by atoms with van der Waals surface area (Å²) in [6, 6.07) is 46.2. The summed E-state index contributed by atoms with van der Waals surface area (Å²) in [5.41, 5.74) is 13.4. The monoisotopic (exact) mass is 508 g/mol. The summed E-state index contributed by atoms with van der Waals surface area (Å²) >= 11 is 0. The molecular formula is C36H21BN2O. The molecule has 2 aromatic heterocycles. The molecular weight excluding hydrogens is 487 g/mol. The first kappa shape index (κ1) is 20.7. The number of hydrogen-bond donors (Lipinski definition) is 0. The first-order valence-electron chi connectivity index (χ1n) is 13.8. The summed E-state index contributed by atoms with van der Waals surface area (Å²) in [6.45, 7) is 0.159. The van der Waals surface area contributed by atoms with Crippen molar-refractivity contribution in [2.45, 2.75) is 0 Å². The van der Waals surface area contributed by atoms with Gasteiger partial charge in [0.15, 0.2) is 0 Å². The number of anilines is 3. The molecule has 0 N–H and O–H groups in total. The summed E-state index contributed by atoms with van der Waals surface area (Å²) in [5, 5.41) is 4.81. The molecule has 0 fully saturated rings. The predicted molar refractivity (Wildman–Crippen MR) is 167 cm³/mol. The van der Waals surface area contributed by atoms with Crippen LogP contribution in [0.15, 0.2) is 132 Å². The van der Waals surface area contributed by atoms with Crippen LogP contribution in [0.25, 0.3) is 49.4 Å². The van der Waals surface area contributed by atoms with Crippen LogP contribution in [-0.2, 0) is 0 Å². The lowest BCUT2D eigenvalue weighted by Gasteiger charge is -2.39. The molecule has 0 bridgehead atoms. The normalized spacial score (nSPS) is 13.4. The third-order valence-corrected chi connectivity index (χ3v) is 8.97. The molecule has 3 nitrogen and oxygen atoms in total. The van der Waals surface area contributed by atoms with Gasteiger partial charge in [0.2, 0.25) is 0 Å². The van der Waals surface area contributed by atoms with Crippen LogP contribution in [0.4, 0.5) is 17.1 Å². The molecule has 0 unspecified atom stereocenters. The van der Waals surface area contributed by atoms with E-state index in [0.29, 0.717) is 0 Å². The second-order valence-corrected chi connectivity index (χ2v) is 10.9. The molecule has 4 heterocycles. The second-order valence-electron chi connectivity index (χ2n) is 10.9.